The lowest BCUT2D eigenvalue weighted by atomic mass is 10.7. The maximum absolute atomic E-state index is 9.94. The molecule has 6 heteroatoms. The maximum Gasteiger partial charge on any atom is 0.363 e. The van der Waals surface area contributed by atoms with E-state index in [0.717, 1.165) is 0 Å². The normalized spacial score (nSPS) is 7.67. The SMILES string of the molecule is CCOC(=O)CO.COC(=O)S. The second-order valence-electron chi connectivity index (χ2n) is 1.43. The van der Waals surface area contributed by atoms with Crippen LogP contribution in [0.3, 0.4) is 0 Å². The Hall–Kier alpha value is -0.750. The summed E-state index contributed by atoms with van der Waals surface area (Å²) in [7, 11) is 1.27. The zero-order valence-electron chi connectivity index (χ0n) is 6.94. The summed E-state index contributed by atoms with van der Waals surface area (Å²) >= 11 is 3.24. The molecule has 0 aliphatic carbocycles. The van der Waals surface area contributed by atoms with Crippen LogP contribution >= 0.6 is 12.6 Å². The van der Waals surface area contributed by atoms with Crippen molar-refractivity contribution in [3.8, 4) is 0 Å². The molecule has 72 valence electrons. The van der Waals surface area contributed by atoms with E-state index in [1.807, 2.05) is 0 Å². The maximum atomic E-state index is 9.94. The lowest BCUT2D eigenvalue weighted by molar-refractivity contribution is -0.146. The van der Waals surface area contributed by atoms with E-state index in [1.165, 1.54) is 7.11 Å². The average molecular weight is 196 g/mol. The van der Waals surface area contributed by atoms with Gasteiger partial charge in [-0.3, -0.25) is 0 Å². The molecule has 0 amide bonds. The van der Waals surface area contributed by atoms with Crippen LogP contribution in [-0.4, -0.2) is 36.7 Å². The van der Waals surface area contributed by atoms with Crippen molar-refractivity contribution in [2.45, 2.75) is 6.92 Å². The van der Waals surface area contributed by atoms with Crippen molar-refractivity contribution in [3.05, 3.63) is 0 Å². The number of carbonyl (C=O) groups excluding carboxylic acids is 2. The Kier molecular flexibility index (Phi) is 11.8. The van der Waals surface area contributed by atoms with Crippen molar-refractivity contribution in [3.63, 3.8) is 0 Å². The van der Waals surface area contributed by atoms with Gasteiger partial charge in [0.1, 0.15) is 6.61 Å². The molecule has 0 saturated heterocycles. The van der Waals surface area contributed by atoms with Crippen LogP contribution in [0.1, 0.15) is 6.92 Å². The minimum atomic E-state index is -0.567. The quantitative estimate of drug-likeness (QED) is 0.488. The number of hydrogen-bond acceptors (Lipinski definition) is 5. The predicted octanol–water partition coefficient (Wildman–Crippen LogP) is 0.224. The summed E-state index contributed by atoms with van der Waals surface area (Å²) in [5.41, 5.74) is 0. The van der Waals surface area contributed by atoms with Crippen molar-refractivity contribution in [1.29, 1.82) is 0 Å². The van der Waals surface area contributed by atoms with E-state index < -0.39 is 17.9 Å². The highest BCUT2D eigenvalue weighted by Crippen LogP contribution is 1.77. The van der Waals surface area contributed by atoms with Gasteiger partial charge in [-0.15, -0.1) is 0 Å². The van der Waals surface area contributed by atoms with Crippen molar-refractivity contribution in [1.82, 2.24) is 0 Å². The van der Waals surface area contributed by atoms with E-state index in [-0.39, 0.29) is 0 Å². The van der Waals surface area contributed by atoms with E-state index in [9.17, 15) is 9.59 Å². The standard InChI is InChI=1S/C4H8O3.C2H4O2S/c1-2-7-4(6)3-5;1-4-2(3)5/h5H,2-3H2,1H3;1H3,(H,3,5). The van der Waals surface area contributed by atoms with Gasteiger partial charge in [-0.1, -0.05) is 12.6 Å². The Morgan fingerprint density at radius 2 is 1.92 bits per heavy atom. The van der Waals surface area contributed by atoms with Gasteiger partial charge in [-0.25, -0.2) is 9.59 Å². The molecule has 0 unspecified atom stereocenters. The highest BCUT2D eigenvalue weighted by molar-refractivity contribution is 7.96. The third kappa shape index (κ3) is 16.1. The Bertz CT molecular complexity index is 136. The summed E-state index contributed by atoms with van der Waals surface area (Å²) in [6, 6.07) is 0. The fourth-order valence-corrected chi connectivity index (χ4v) is 0.207. The van der Waals surface area contributed by atoms with Gasteiger partial charge >= 0.3 is 11.3 Å². The smallest absolute Gasteiger partial charge is 0.363 e. The Balaban J connectivity index is 0. The molecule has 0 spiro atoms. The summed E-state index contributed by atoms with van der Waals surface area (Å²) in [6.45, 7) is 1.50. The monoisotopic (exact) mass is 196 g/mol. The van der Waals surface area contributed by atoms with Crippen molar-refractivity contribution in [2.75, 3.05) is 20.3 Å². The highest BCUT2D eigenvalue weighted by atomic mass is 32.1. The molecule has 0 aromatic rings. The summed E-state index contributed by atoms with van der Waals surface area (Å²) in [4.78, 5) is 19.4. The second-order valence-corrected chi connectivity index (χ2v) is 1.80. The molecule has 0 radical (unpaired) electrons. The Morgan fingerprint density at radius 1 is 1.50 bits per heavy atom. The molecule has 0 saturated carbocycles. The van der Waals surface area contributed by atoms with Gasteiger partial charge in [0.2, 0.25) is 0 Å². The molecule has 0 aliphatic rings. The van der Waals surface area contributed by atoms with Crippen LogP contribution in [0, 0.1) is 0 Å². The first-order valence-corrected chi connectivity index (χ1v) is 3.56. The van der Waals surface area contributed by atoms with Gasteiger partial charge in [-0.05, 0) is 6.92 Å². The van der Waals surface area contributed by atoms with Crippen molar-refractivity contribution in [2.24, 2.45) is 0 Å². The van der Waals surface area contributed by atoms with Crippen LogP contribution in [0.5, 0.6) is 0 Å². The molecule has 0 heterocycles. The number of hydrogen-bond donors (Lipinski definition) is 2. The zero-order chi connectivity index (χ0) is 9.98. The molecule has 0 atom stereocenters. The largest absolute Gasteiger partial charge is 0.464 e. The van der Waals surface area contributed by atoms with Crippen molar-refractivity contribution >= 4 is 23.9 Å². The van der Waals surface area contributed by atoms with Gasteiger partial charge in [0.25, 0.3) is 0 Å². The molecule has 5 nitrogen and oxygen atoms in total. The number of thiol groups is 1. The van der Waals surface area contributed by atoms with Crippen LogP contribution < -0.4 is 0 Å². The van der Waals surface area contributed by atoms with Gasteiger partial charge in [0.15, 0.2) is 0 Å². The summed E-state index contributed by atoms with van der Waals surface area (Å²) < 4.78 is 8.28. The number of ether oxygens (including phenoxy) is 2. The van der Waals surface area contributed by atoms with Crippen LogP contribution in [0.2, 0.25) is 0 Å². The molecule has 12 heavy (non-hydrogen) atoms. The number of rotatable bonds is 2. The first-order chi connectivity index (χ1) is 5.58. The fraction of sp³-hybridized carbons (Fsp3) is 0.667. The van der Waals surface area contributed by atoms with Gasteiger partial charge < -0.3 is 14.6 Å². The molecule has 1 N–H and O–H groups in total. The van der Waals surface area contributed by atoms with Gasteiger partial charge in [-0.2, -0.15) is 0 Å². The average Bonchev–Trinajstić information content (AvgIpc) is 2.06. The number of aliphatic hydroxyl groups is 1. The second kappa shape index (κ2) is 10.2. The molecule has 0 aliphatic heterocycles. The van der Waals surface area contributed by atoms with E-state index in [0.29, 0.717) is 6.61 Å². The third-order valence-electron chi connectivity index (χ3n) is 0.609. The van der Waals surface area contributed by atoms with Crippen LogP contribution in [-0.2, 0) is 14.3 Å². The Morgan fingerprint density at radius 3 is 2.00 bits per heavy atom. The summed E-state index contributed by atoms with van der Waals surface area (Å²) in [5.74, 6) is -0.567. The minimum Gasteiger partial charge on any atom is -0.464 e. The fourth-order valence-electron chi connectivity index (χ4n) is 0.207. The number of methoxy groups -OCH3 is 1. The molecule has 0 aromatic heterocycles. The number of carbonyl (C=O) groups is 2. The molecular weight excluding hydrogens is 184 g/mol. The first kappa shape index (κ1) is 13.8. The topological polar surface area (TPSA) is 72.8 Å². The van der Waals surface area contributed by atoms with Gasteiger partial charge in [0.05, 0.1) is 13.7 Å². The van der Waals surface area contributed by atoms with Crippen LogP contribution in [0.25, 0.3) is 0 Å². The number of aliphatic hydroxyl groups excluding tert-OH is 1. The molecule has 0 fully saturated rings. The lowest BCUT2D eigenvalue weighted by Crippen LogP contribution is -2.07. The molecule has 0 bridgehead atoms. The highest BCUT2D eigenvalue weighted by Gasteiger charge is 1.92. The summed E-state index contributed by atoms with van der Waals surface area (Å²) in [6.07, 6.45) is 0. The van der Waals surface area contributed by atoms with E-state index in [4.69, 9.17) is 5.11 Å². The van der Waals surface area contributed by atoms with Gasteiger partial charge in [0, 0.05) is 0 Å². The van der Waals surface area contributed by atoms with Crippen LogP contribution in [0.15, 0.2) is 0 Å². The molecule has 0 aromatic carbocycles. The minimum absolute atomic E-state index is 0.333. The van der Waals surface area contributed by atoms with E-state index in [1.54, 1.807) is 6.92 Å². The third-order valence-corrected chi connectivity index (χ3v) is 0.792. The van der Waals surface area contributed by atoms with Crippen LogP contribution in [0.4, 0.5) is 4.79 Å². The lowest BCUT2D eigenvalue weighted by Gasteiger charge is -1.93. The first-order valence-electron chi connectivity index (χ1n) is 3.11. The Labute approximate surface area is 76.1 Å². The number of esters is 1. The zero-order valence-corrected chi connectivity index (χ0v) is 7.84. The summed E-state index contributed by atoms with van der Waals surface area (Å²) in [5, 5.41) is 7.44. The van der Waals surface area contributed by atoms with E-state index >= 15 is 0 Å². The molecule has 0 rings (SSSR count). The molecular formula is C6H12O5S. The van der Waals surface area contributed by atoms with E-state index in [2.05, 4.69) is 22.1 Å². The predicted molar refractivity (Wildman–Crippen MR) is 45.1 cm³/mol. The van der Waals surface area contributed by atoms with Crippen molar-refractivity contribution < 1.29 is 24.2 Å².